The van der Waals surface area contributed by atoms with E-state index in [-0.39, 0.29) is 37.5 Å². The first kappa shape index (κ1) is 52.5. The lowest BCUT2D eigenvalue weighted by Gasteiger charge is -2.30. The lowest BCUT2D eigenvalue weighted by molar-refractivity contribution is -0.157. The number of nitrogens with one attached hydrogen (secondary N) is 7. The Kier molecular flexibility index (Phi) is 20.8. The predicted octanol–water partition coefficient (Wildman–Crippen LogP) is 0.322. The number of cyclic esters (lactones) is 1. The molecule has 0 bridgehead atoms. The van der Waals surface area contributed by atoms with E-state index in [1.807, 2.05) is 6.92 Å². The molecule has 18 nitrogen and oxygen atoms in total. The second-order valence-electron chi connectivity index (χ2n) is 17.3. The molecule has 0 radical (unpaired) electrons. The number of rotatable bonds is 15. The number of benzene rings is 2. The molecule has 352 valence electrons. The minimum atomic E-state index is -1.79. The molecule has 10 atom stereocenters. The SMILES string of the molecule is CC[C@H](C)C(=O)N[C@H](Cc1ccccc1)C(=O)N[C@@H]1C(=O)NC(CC(C)C)C(=O)NC(Cc2ccccc2)C(=O)NC(CC(C)C)C(=O)N[C@@H]([C@@H](C)O)C(=O)N[C@@H](CO)C(=O)O[C@@H]1C. The van der Waals surface area contributed by atoms with Crippen LogP contribution in [0.5, 0.6) is 0 Å². The van der Waals surface area contributed by atoms with Crippen molar-refractivity contribution in [2.75, 3.05) is 6.61 Å². The number of hydrogen-bond acceptors (Lipinski definition) is 11. The molecule has 7 amide bonds. The van der Waals surface area contributed by atoms with Gasteiger partial charge in [0.2, 0.25) is 41.4 Å². The number of amides is 7. The van der Waals surface area contributed by atoms with Crippen LogP contribution in [0.2, 0.25) is 0 Å². The molecule has 1 fully saturated rings. The molecule has 0 spiro atoms. The molecule has 1 saturated heterocycles. The van der Waals surface area contributed by atoms with Crippen LogP contribution in [0.25, 0.3) is 0 Å². The number of aliphatic hydroxyl groups is 2. The molecule has 3 unspecified atom stereocenters. The Labute approximate surface area is 375 Å². The van der Waals surface area contributed by atoms with Crippen LogP contribution >= 0.6 is 0 Å². The Morgan fingerprint density at radius 2 is 1.14 bits per heavy atom. The zero-order valence-electron chi connectivity index (χ0n) is 38.0. The van der Waals surface area contributed by atoms with Crippen LogP contribution in [-0.4, -0.2) is 119 Å². The van der Waals surface area contributed by atoms with Crippen LogP contribution in [0.1, 0.15) is 85.8 Å². The highest BCUT2D eigenvalue weighted by atomic mass is 16.5. The minimum Gasteiger partial charge on any atom is -0.458 e. The van der Waals surface area contributed by atoms with Gasteiger partial charge in [-0.2, -0.15) is 0 Å². The van der Waals surface area contributed by atoms with Gasteiger partial charge in [-0.3, -0.25) is 33.6 Å². The Balaban J connectivity index is 2.17. The first-order valence-electron chi connectivity index (χ1n) is 21.9. The first-order valence-corrected chi connectivity index (χ1v) is 21.9. The molecular formula is C46H67N7O11. The summed E-state index contributed by atoms with van der Waals surface area (Å²) in [5, 5.41) is 39.1. The second-order valence-corrected chi connectivity index (χ2v) is 17.3. The number of esters is 1. The zero-order valence-corrected chi connectivity index (χ0v) is 38.0. The molecule has 1 aliphatic heterocycles. The first-order chi connectivity index (χ1) is 30.2. The maximum Gasteiger partial charge on any atom is 0.331 e. The average molecular weight is 894 g/mol. The van der Waals surface area contributed by atoms with Crippen molar-refractivity contribution in [2.45, 2.75) is 142 Å². The van der Waals surface area contributed by atoms with Crippen molar-refractivity contribution in [3.8, 4) is 0 Å². The Morgan fingerprint density at radius 1 is 0.656 bits per heavy atom. The molecule has 0 aromatic heterocycles. The molecule has 1 aliphatic rings. The Morgan fingerprint density at radius 3 is 1.66 bits per heavy atom. The molecule has 3 rings (SSSR count). The van der Waals surface area contributed by atoms with Crippen LogP contribution in [-0.2, 0) is 55.9 Å². The van der Waals surface area contributed by atoms with Crippen molar-refractivity contribution in [1.82, 2.24) is 37.2 Å². The van der Waals surface area contributed by atoms with Gasteiger partial charge in [0.15, 0.2) is 6.04 Å². The highest BCUT2D eigenvalue weighted by Gasteiger charge is 2.39. The third-order valence-corrected chi connectivity index (χ3v) is 10.8. The van der Waals surface area contributed by atoms with E-state index in [1.54, 1.807) is 95.3 Å². The fourth-order valence-corrected chi connectivity index (χ4v) is 6.91. The molecule has 64 heavy (non-hydrogen) atoms. The lowest BCUT2D eigenvalue weighted by atomic mass is 9.99. The van der Waals surface area contributed by atoms with Crippen molar-refractivity contribution in [3.63, 3.8) is 0 Å². The molecule has 2 aromatic rings. The Bertz CT molecular complexity index is 1900. The summed E-state index contributed by atoms with van der Waals surface area (Å²) in [7, 11) is 0. The monoisotopic (exact) mass is 893 g/mol. The van der Waals surface area contributed by atoms with Crippen LogP contribution in [0.15, 0.2) is 60.7 Å². The summed E-state index contributed by atoms with van der Waals surface area (Å²) < 4.78 is 5.62. The highest BCUT2D eigenvalue weighted by molar-refractivity contribution is 5.98. The van der Waals surface area contributed by atoms with Gasteiger partial charge in [-0.25, -0.2) is 4.79 Å². The highest BCUT2D eigenvalue weighted by Crippen LogP contribution is 2.14. The maximum absolute atomic E-state index is 14.5. The van der Waals surface area contributed by atoms with Crippen molar-refractivity contribution >= 4 is 47.3 Å². The molecule has 9 N–H and O–H groups in total. The van der Waals surface area contributed by atoms with E-state index in [1.165, 1.54) is 13.8 Å². The summed E-state index contributed by atoms with van der Waals surface area (Å²) >= 11 is 0. The molecular weight excluding hydrogens is 827 g/mol. The summed E-state index contributed by atoms with van der Waals surface area (Å²) in [6.07, 6.45) is -2.51. The molecule has 0 aliphatic carbocycles. The predicted molar refractivity (Wildman–Crippen MR) is 236 cm³/mol. The Hall–Kier alpha value is -5.88. The van der Waals surface area contributed by atoms with Crippen molar-refractivity contribution in [1.29, 1.82) is 0 Å². The number of carbonyl (C=O) groups is 8. The van der Waals surface area contributed by atoms with Crippen molar-refractivity contribution in [3.05, 3.63) is 71.8 Å². The van der Waals surface area contributed by atoms with Gasteiger partial charge >= 0.3 is 5.97 Å². The third-order valence-electron chi connectivity index (χ3n) is 10.8. The molecule has 0 saturated carbocycles. The van der Waals surface area contributed by atoms with E-state index in [4.69, 9.17) is 4.74 Å². The van der Waals surface area contributed by atoms with Gasteiger partial charge in [0.25, 0.3) is 0 Å². The normalized spacial score (nSPS) is 24.5. The number of ether oxygens (including phenoxy) is 1. The summed E-state index contributed by atoms with van der Waals surface area (Å²) in [4.78, 5) is 111. The van der Waals surface area contributed by atoms with E-state index < -0.39 is 114 Å². The average Bonchev–Trinajstić information content (AvgIpc) is 3.24. The van der Waals surface area contributed by atoms with Gasteiger partial charge in [-0.05, 0) is 56.1 Å². The van der Waals surface area contributed by atoms with Crippen molar-refractivity contribution < 1.29 is 53.3 Å². The van der Waals surface area contributed by atoms with Gasteiger partial charge in [-0.1, -0.05) is 102 Å². The van der Waals surface area contributed by atoms with Gasteiger partial charge < -0.3 is 52.2 Å². The zero-order chi connectivity index (χ0) is 47.7. The summed E-state index contributed by atoms with van der Waals surface area (Å²) in [6, 6.07) is 7.26. The number of hydrogen-bond donors (Lipinski definition) is 9. The third kappa shape index (κ3) is 16.3. The van der Waals surface area contributed by atoms with Crippen LogP contribution in [0.4, 0.5) is 0 Å². The lowest BCUT2D eigenvalue weighted by Crippen LogP contribution is -2.62. The van der Waals surface area contributed by atoms with Gasteiger partial charge in [0.05, 0.1) is 12.7 Å². The van der Waals surface area contributed by atoms with Gasteiger partial charge in [-0.15, -0.1) is 0 Å². The molecule has 1 heterocycles. The van der Waals surface area contributed by atoms with E-state index >= 15 is 0 Å². The number of carbonyl (C=O) groups excluding carboxylic acids is 8. The summed E-state index contributed by atoms with van der Waals surface area (Å²) in [6.45, 7) is 12.2. The van der Waals surface area contributed by atoms with E-state index in [0.717, 1.165) is 0 Å². The standard InChI is InChI=1S/C46H67N7O11/c1-9-27(6)39(56)47-35(23-31-18-14-11-15-19-31)43(60)53-38-29(8)64-46(63)36(24-54)51-44(61)37(28(7)55)52-42(59)33(21-26(4)5)48-41(58)34(22-30-16-12-10-13-17-30)49-40(57)32(20-25(2)3)50-45(38)62/h10-19,25-29,32-38,54-55H,9,20-24H2,1-8H3,(H,47,56)(H,48,58)(H,49,57)(H,50,62)(H,51,61)(H,52,59)(H,53,60)/t27-,28+,29+,32?,33?,34?,35+,36-,37-,38-/m0/s1. The molecule has 18 heteroatoms. The minimum absolute atomic E-state index is 0.0121. The second kappa shape index (κ2) is 25.4. The largest absolute Gasteiger partial charge is 0.458 e. The van der Waals surface area contributed by atoms with E-state index in [2.05, 4.69) is 37.2 Å². The number of aliphatic hydroxyl groups excluding tert-OH is 2. The maximum atomic E-state index is 14.5. The van der Waals surface area contributed by atoms with Crippen LogP contribution in [0, 0.1) is 17.8 Å². The van der Waals surface area contributed by atoms with Crippen LogP contribution in [0.3, 0.4) is 0 Å². The molecule has 2 aromatic carbocycles. The van der Waals surface area contributed by atoms with Gasteiger partial charge in [0, 0.05) is 18.8 Å². The fraction of sp³-hybridized carbons (Fsp3) is 0.565. The fourth-order valence-electron chi connectivity index (χ4n) is 6.91. The van der Waals surface area contributed by atoms with E-state index in [0.29, 0.717) is 17.5 Å². The van der Waals surface area contributed by atoms with Gasteiger partial charge in [0.1, 0.15) is 42.4 Å². The van der Waals surface area contributed by atoms with Crippen molar-refractivity contribution in [2.24, 2.45) is 17.8 Å². The van der Waals surface area contributed by atoms with Crippen LogP contribution < -0.4 is 37.2 Å². The van der Waals surface area contributed by atoms with E-state index in [9.17, 15) is 48.6 Å². The topological polar surface area (TPSA) is 270 Å². The summed E-state index contributed by atoms with van der Waals surface area (Å²) in [5.74, 6) is -7.79. The summed E-state index contributed by atoms with van der Waals surface area (Å²) in [5.41, 5.74) is 1.34. The smallest absolute Gasteiger partial charge is 0.331 e. The quantitative estimate of drug-likeness (QED) is 0.110.